The van der Waals surface area contributed by atoms with E-state index in [-0.39, 0.29) is 11.9 Å². The van der Waals surface area contributed by atoms with Gasteiger partial charge in [-0.25, -0.2) is 15.0 Å². The zero-order valence-electron chi connectivity index (χ0n) is 19.6. The average Bonchev–Trinajstić information content (AvgIpc) is 2.96. The molecule has 4 heterocycles. The Bertz CT molecular complexity index is 1310. The van der Waals surface area contributed by atoms with E-state index in [1.807, 2.05) is 31.2 Å². The molecule has 2 aliphatic rings. The number of benzene rings is 1. The number of aryl methyl sites for hydroxylation is 1. The van der Waals surface area contributed by atoms with Gasteiger partial charge in [-0.2, -0.15) is 0 Å². The average molecular weight is 508 g/mol. The molecule has 1 fully saturated rings. The summed E-state index contributed by atoms with van der Waals surface area (Å²) in [5.74, 6) is 0.292. The number of piperidine rings is 1. The van der Waals surface area contributed by atoms with E-state index in [0.29, 0.717) is 33.8 Å². The molecule has 10 heteroatoms. The highest BCUT2D eigenvalue weighted by Crippen LogP contribution is 2.35. The van der Waals surface area contributed by atoms with Gasteiger partial charge in [-0.1, -0.05) is 23.8 Å². The summed E-state index contributed by atoms with van der Waals surface area (Å²) in [7, 11) is 2.10. The van der Waals surface area contributed by atoms with E-state index in [0.717, 1.165) is 54.1 Å². The van der Waals surface area contributed by atoms with Gasteiger partial charge in [0.25, 0.3) is 5.91 Å². The van der Waals surface area contributed by atoms with Crippen LogP contribution in [0.15, 0.2) is 36.5 Å². The van der Waals surface area contributed by atoms with E-state index in [2.05, 4.69) is 37.9 Å². The van der Waals surface area contributed by atoms with Crippen molar-refractivity contribution in [3.05, 3.63) is 58.5 Å². The van der Waals surface area contributed by atoms with Crippen molar-refractivity contribution < 1.29 is 4.79 Å². The quantitative estimate of drug-likeness (QED) is 0.448. The number of hydrogen-bond donors (Lipinski definition) is 3. The molecular formula is C25H26ClN7OS. The van der Waals surface area contributed by atoms with Crippen LogP contribution in [0.5, 0.6) is 0 Å². The number of rotatable bonds is 4. The van der Waals surface area contributed by atoms with E-state index in [9.17, 15) is 4.79 Å². The first kappa shape index (κ1) is 23.6. The molecule has 0 radical (unpaired) electrons. The summed E-state index contributed by atoms with van der Waals surface area (Å²) in [5.41, 5.74) is 5.29. The molecule has 5 rings (SSSR count). The van der Waals surface area contributed by atoms with Gasteiger partial charge in [-0.15, -0.1) is 0 Å². The van der Waals surface area contributed by atoms with E-state index in [4.69, 9.17) is 28.8 Å². The van der Waals surface area contributed by atoms with Crippen LogP contribution in [0.4, 0.5) is 17.3 Å². The monoisotopic (exact) mass is 507 g/mol. The van der Waals surface area contributed by atoms with E-state index >= 15 is 0 Å². The fraction of sp³-hybridized carbons (Fsp3) is 0.320. The predicted octanol–water partition coefficient (Wildman–Crippen LogP) is 4.36. The lowest BCUT2D eigenvalue weighted by molar-refractivity contribution is 0.0911. The number of likely N-dealkylation sites (tertiary alicyclic amines) is 1. The second kappa shape index (κ2) is 9.85. The van der Waals surface area contributed by atoms with Crippen LogP contribution < -0.4 is 16.0 Å². The van der Waals surface area contributed by atoms with Crippen LogP contribution in [0, 0.1) is 6.92 Å². The van der Waals surface area contributed by atoms with Crippen LogP contribution in [0.25, 0.3) is 11.3 Å². The van der Waals surface area contributed by atoms with E-state index in [1.54, 1.807) is 12.3 Å². The van der Waals surface area contributed by atoms with Gasteiger partial charge in [0.2, 0.25) is 5.95 Å². The number of thiocarbonyl (C=S) groups is 1. The predicted molar refractivity (Wildman–Crippen MR) is 143 cm³/mol. The highest BCUT2D eigenvalue weighted by Gasteiger charge is 2.21. The summed E-state index contributed by atoms with van der Waals surface area (Å²) in [4.78, 5) is 29.5. The minimum absolute atomic E-state index is 0.144. The van der Waals surface area contributed by atoms with Crippen molar-refractivity contribution in [2.45, 2.75) is 32.2 Å². The minimum atomic E-state index is -0.144. The molecule has 35 heavy (non-hydrogen) atoms. The number of carbonyl (C=O) groups is 1. The molecule has 2 aliphatic heterocycles. The molecule has 0 spiro atoms. The molecule has 0 aliphatic carbocycles. The fourth-order valence-corrected chi connectivity index (χ4v) is 4.81. The standard InChI is InChI=1S/C25H26ClN7OS/c1-14-19(5-6-20(28-14)24(34)29-17-7-9-33(2)10-8-17)31-25-27-13-15-11-22(35)30-21-12-16(26)3-4-18(21)23(15)32-25/h3-6,12-13,17H,7-11H2,1-2H3,(H,29,34)(H,30,35)(H,27,31,32). The van der Waals surface area contributed by atoms with Crippen LogP contribution in [-0.2, 0) is 6.42 Å². The number of halogens is 1. The van der Waals surface area contributed by atoms with Crippen molar-refractivity contribution >= 4 is 52.0 Å². The van der Waals surface area contributed by atoms with Crippen molar-refractivity contribution in [1.82, 2.24) is 25.2 Å². The molecule has 3 aromatic rings. The third-order valence-electron chi connectivity index (χ3n) is 6.35. The first-order chi connectivity index (χ1) is 16.9. The Morgan fingerprint density at radius 2 is 2.00 bits per heavy atom. The van der Waals surface area contributed by atoms with Gasteiger partial charge < -0.3 is 20.9 Å². The van der Waals surface area contributed by atoms with E-state index < -0.39 is 0 Å². The Hall–Kier alpha value is -3.14. The first-order valence-electron chi connectivity index (χ1n) is 11.6. The van der Waals surface area contributed by atoms with Crippen LogP contribution >= 0.6 is 23.8 Å². The molecule has 3 N–H and O–H groups in total. The van der Waals surface area contributed by atoms with Crippen LogP contribution in [-0.4, -0.2) is 56.9 Å². The molecule has 0 unspecified atom stereocenters. The molecule has 2 aromatic heterocycles. The molecule has 180 valence electrons. The van der Waals surface area contributed by atoms with Crippen LogP contribution in [0.1, 0.15) is 34.6 Å². The topological polar surface area (TPSA) is 95.1 Å². The van der Waals surface area contributed by atoms with Crippen molar-refractivity contribution in [2.24, 2.45) is 0 Å². The maximum atomic E-state index is 12.7. The van der Waals surface area contributed by atoms with Gasteiger partial charge in [0.05, 0.1) is 22.1 Å². The zero-order chi connectivity index (χ0) is 24.5. The number of pyridine rings is 1. The van der Waals surface area contributed by atoms with Gasteiger partial charge in [0.1, 0.15) is 5.69 Å². The Kier molecular flexibility index (Phi) is 6.64. The van der Waals surface area contributed by atoms with Crippen molar-refractivity contribution in [2.75, 3.05) is 30.8 Å². The minimum Gasteiger partial charge on any atom is -0.349 e. The zero-order valence-corrected chi connectivity index (χ0v) is 21.1. The normalized spacial score (nSPS) is 16.0. The number of nitrogens with zero attached hydrogens (tertiary/aromatic N) is 4. The summed E-state index contributed by atoms with van der Waals surface area (Å²) >= 11 is 11.7. The van der Waals surface area contributed by atoms with Gasteiger partial charge in [-0.05, 0) is 70.2 Å². The number of fused-ring (bicyclic) bond motifs is 3. The summed E-state index contributed by atoms with van der Waals surface area (Å²) in [6, 6.07) is 9.36. The van der Waals surface area contributed by atoms with Crippen LogP contribution in [0.3, 0.4) is 0 Å². The lowest BCUT2D eigenvalue weighted by Gasteiger charge is -2.29. The summed E-state index contributed by atoms with van der Waals surface area (Å²) in [5, 5.41) is 10.2. The largest absolute Gasteiger partial charge is 0.349 e. The van der Waals surface area contributed by atoms with Gasteiger partial charge in [0.15, 0.2) is 0 Å². The molecule has 0 saturated carbocycles. The Morgan fingerprint density at radius 3 is 2.77 bits per heavy atom. The van der Waals surface area contributed by atoms with Crippen LogP contribution in [0.2, 0.25) is 5.02 Å². The second-order valence-corrected chi connectivity index (χ2v) is 9.92. The molecule has 1 amide bonds. The first-order valence-corrected chi connectivity index (χ1v) is 12.3. The molecule has 8 nitrogen and oxygen atoms in total. The lowest BCUT2D eigenvalue weighted by Crippen LogP contribution is -2.43. The second-order valence-electron chi connectivity index (χ2n) is 8.99. The van der Waals surface area contributed by atoms with Gasteiger partial charge >= 0.3 is 0 Å². The van der Waals surface area contributed by atoms with Crippen molar-refractivity contribution in [3.63, 3.8) is 0 Å². The molecular weight excluding hydrogens is 482 g/mol. The number of hydrogen-bond acceptors (Lipinski definition) is 7. The summed E-state index contributed by atoms with van der Waals surface area (Å²) in [6.07, 6.45) is 4.23. The molecule has 0 bridgehead atoms. The SMILES string of the molecule is Cc1nc(C(=O)NC2CCN(C)CC2)ccc1Nc1ncc2c(n1)-c1ccc(Cl)cc1NC(=S)C2. The fourth-order valence-electron chi connectivity index (χ4n) is 4.38. The highest BCUT2D eigenvalue weighted by atomic mass is 35.5. The number of amides is 1. The smallest absolute Gasteiger partial charge is 0.270 e. The maximum Gasteiger partial charge on any atom is 0.270 e. The Morgan fingerprint density at radius 1 is 1.20 bits per heavy atom. The summed E-state index contributed by atoms with van der Waals surface area (Å²) < 4.78 is 0. The number of nitrogens with one attached hydrogen (secondary N) is 3. The van der Waals surface area contributed by atoms with Gasteiger partial charge in [-0.3, -0.25) is 4.79 Å². The maximum absolute atomic E-state index is 12.7. The lowest BCUT2D eigenvalue weighted by atomic mass is 10.1. The highest BCUT2D eigenvalue weighted by molar-refractivity contribution is 7.80. The molecule has 0 atom stereocenters. The van der Waals surface area contributed by atoms with E-state index in [1.165, 1.54) is 0 Å². The third kappa shape index (κ3) is 5.27. The molecule has 1 saturated heterocycles. The Balaban J connectivity index is 1.35. The molecule has 1 aromatic carbocycles. The number of anilines is 3. The number of aromatic nitrogens is 3. The number of carbonyl (C=O) groups excluding carboxylic acids is 1. The third-order valence-corrected chi connectivity index (χ3v) is 6.83. The Labute approximate surface area is 214 Å². The van der Waals surface area contributed by atoms with Crippen molar-refractivity contribution in [1.29, 1.82) is 0 Å². The van der Waals surface area contributed by atoms with Crippen molar-refractivity contribution in [3.8, 4) is 11.3 Å². The summed E-state index contributed by atoms with van der Waals surface area (Å²) in [6.45, 7) is 3.83. The van der Waals surface area contributed by atoms with Gasteiger partial charge in [0, 0.05) is 40.5 Å².